The van der Waals surface area contributed by atoms with Gasteiger partial charge < -0.3 is 4.57 Å². The van der Waals surface area contributed by atoms with Crippen molar-refractivity contribution in [3.63, 3.8) is 0 Å². The number of aryl methyl sites for hydroxylation is 2. The molecule has 3 aromatic rings. The van der Waals surface area contributed by atoms with Crippen LogP contribution in [0.25, 0.3) is 10.9 Å². The number of benzene rings is 2. The van der Waals surface area contributed by atoms with Gasteiger partial charge in [-0.1, -0.05) is 55.3 Å². The average molecular weight is 340 g/mol. The molecule has 24 heavy (non-hydrogen) atoms. The van der Waals surface area contributed by atoms with Crippen molar-refractivity contribution in [3.05, 3.63) is 83.0 Å². The van der Waals surface area contributed by atoms with E-state index < -0.39 is 0 Å². The summed E-state index contributed by atoms with van der Waals surface area (Å²) >= 11 is 5.99. The molecule has 0 radical (unpaired) electrons. The first kappa shape index (κ1) is 18.4. The van der Waals surface area contributed by atoms with E-state index in [9.17, 15) is 0 Å². The SMILES string of the molecule is C=CCCc1cc2cc(C)ccc2n1Cc1ccc(Cl)cc1.CC. The van der Waals surface area contributed by atoms with Crippen LogP contribution in [-0.4, -0.2) is 4.57 Å². The Morgan fingerprint density at radius 2 is 1.75 bits per heavy atom. The number of aromatic nitrogens is 1. The lowest BCUT2D eigenvalue weighted by atomic mass is 10.1. The molecule has 0 aliphatic rings. The predicted octanol–water partition coefficient (Wildman–Crippen LogP) is 6.80. The van der Waals surface area contributed by atoms with Gasteiger partial charge in [-0.2, -0.15) is 0 Å². The maximum absolute atomic E-state index is 5.99. The Hall–Kier alpha value is -1.99. The van der Waals surface area contributed by atoms with E-state index in [0.29, 0.717) is 0 Å². The van der Waals surface area contributed by atoms with E-state index in [4.69, 9.17) is 11.6 Å². The van der Waals surface area contributed by atoms with Crippen LogP contribution in [0.5, 0.6) is 0 Å². The van der Waals surface area contributed by atoms with Gasteiger partial charge in [-0.25, -0.2) is 0 Å². The highest BCUT2D eigenvalue weighted by atomic mass is 35.5. The molecule has 0 saturated carbocycles. The van der Waals surface area contributed by atoms with E-state index in [1.165, 1.54) is 27.7 Å². The minimum Gasteiger partial charge on any atom is -0.340 e. The average Bonchev–Trinajstić information content (AvgIpc) is 2.93. The summed E-state index contributed by atoms with van der Waals surface area (Å²) in [6.07, 6.45) is 4.00. The molecule has 2 heteroatoms. The van der Waals surface area contributed by atoms with Crippen molar-refractivity contribution >= 4 is 22.5 Å². The van der Waals surface area contributed by atoms with Gasteiger partial charge in [0.2, 0.25) is 0 Å². The van der Waals surface area contributed by atoms with E-state index >= 15 is 0 Å². The number of hydrogen-bond donors (Lipinski definition) is 0. The van der Waals surface area contributed by atoms with Crippen molar-refractivity contribution in [3.8, 4) is 0 Å². The highest BCUT2D eigenvalue weighted by Gasteiger charge is 2.09. The monoisotopic (exact) mass is 339 g/mol. The Kier molecular flexibility index (Phi) is 6.69. The molecule has 1 aromatic heterocycles. The molecule has 0 atom stereocenters. The molecule has 1 nitrogen and oxygen atoms in total. The highest BCUT2D eigenvalue weighted by Crippen LogP contribution is 2.24. The Morgan fingerprint density at radius 1 is 1.04 bits per heavy atom. The topological polar surface area (TPSA) is 4.93 Å². The highest BCUT2D eigenvalue weighted by molar-refractivity contribution is 6.30. The summed E-state index contributed by atoms with van der Waals surface area (Å²) < 4.78 is 2.40. The van der Waals surface area contributed by atoms with Crippen molar-refractivity contribution in [1.82, 2.24) is 4.57 Å². The van der Waals surface area contributed by atoms with Crippen LogP contribution in [0.1, 0.15) is 37.1 Å². The molecule has 0 spiro atoms. The first-order chi connectivity index (χ1) is 11.7. The van der Waals surface area contributed by atoms with Crippen molar-refractivity contribution in [2.75, 3.05) is 0 Å². The Labute approximate surface area is 150 Å². The zero-order chi connectivity index (χ0) is 17.5. The Morgan fingerprint density at radius 3 is 2.42 bits per heavy atom. The predicted molar refractivity (Wildman–Crippen MR) is 107 cm³/mol. The number of allylic oxidation sites excluding steroid dienone is 1. The van der Waals surface area contributed by atoms with E-state index in [0.717, 1.165) is 24.4 Å². The van der Waals surface area contributed by atoms with Gasteiger partial charge in [0.1, 0.15) is 0 Å². The van der Waals surface area contributed by atoms with Crippen molar-refractivity contribution in [2.24, 2.45) is 0 Å². The number of rotatable bonds is 5. The molecule has 3 rings (SSSR count). The van der Waals surface area contributed by atoms with Crippen LogP contribution in [0.4, 0.5) is 0 Å². The number of nitrogens with zero attached hydrogens (tertiary/aromatic N) is 1. The summed E-state index contributed by atoms with van der Waals surface area (Å²) in [5, 5.41) is 2.09. The maximum atomic E-state index is 5.99. The second-order valence-electron chi connectivity index (χ2n) is 5.74. The number of fused-ring (bicyclic) bond motifs is 1. The number of halogens is 1. The quantitative estimate of drug-likeness (QED) is 0.450. The van der Waals surface area contributed by atoms with Crippen LogP contribution in [0.3, 0.4) is 0 Å². The van der Waals surface area contributed by atoms with Crippen LogP contribution in [0.2, 0.25) is 5.02 Å². The molecule has 0 fully saturated rings. The minimum absolute atomic E-state index is 0.781. The summed E-state index contributed by atoms with van der Waals surface area (Å²) in [6.45, 7) is 10.9. The van der Waals surface area contributed by atoms with Crippen molar-refractivity contribution < 1.29 is 0 Å². The normalized spacial score (nSPS) is 10.3. The van der Waals surface area contributed by atoms with Crippen LogP contribution in [0, 0.1) is 6.92 Å². The van der Waals surface area contributed by atoms with Crippen LogP contribution in [-0.2, 0) is 13.0 Å². The summed E-state index contributed by atoms with van der Waals surface area (Å²) in [4.78, 5) is 0. The summed E-state index contributed by atoms with van der Waals surface area (Å²) in [5.41, 5.74) is 5.21. The maximum Gasteiger partial charge on any atom is 0.0485 e. The molecular formula is C22H26ClN. The number of hydrogen-bond acceptors (Lipinski definition) is 0. The van der Waals surface area contributed by atoms with E-state index in [1.54, 1.807) is 0 Å². The van der Waals surface area contributed by atoms with Gasteiger partial charge in [-0.15, -0.1) is 6.58 Å². The third-order valence-corrected chi connectivity index (χ3v) is 4.25. The second-order valence-corrected chi connectivity index (χ2v) is 6.17. The molecule has 0 bridgehead atoms. The van der Waals surface area contributed by atoms with Crippen molar-refractivity contribution in [2.45, 2.75) is 40.2 Å². The van der Waals surface area contributed by atoms with E-state index in [1.807, 2.05) is 32.1 Å². The van der Waals surface area contributed by atoms with Gasteiger partial charge >= 0.3 is 0 Å². The van der Waals surface area contributed by atoms with Gasteiger partial charge in [0.25, 0.3) is 0 Å². The zero-order valence-electron chi connectivity index (χ0n) is 14.8. The third-order valence-electron chi connectivity index (χ3n) is 4.00. The smallest absolute Gasteiger partial charge is 0.0485 e. The zero-order valence-corrected chi connectivity index (χ0v) is 15.6. The first-order valence-electron chi connectivity index (χ1n) is 8.61. The van der Waals surface area contributed by atoms with Gasteiger partial charge in [0, 0.05) is 28.2 Å². The lowest BCUT2D eigenvalue weighted by Crippen LogP contribution is -2.04. The molecule has 1 heterocycles. The molecular weight excluding hydrogens is 314 g/mol. The largest absolute Gasteiger partial charge is 0.340 e. The minimum atomic E-state index is 0.781. The van der Waals surface area contributed by atoms with Gasteiger partial charge in [-0.3, -0.25) is 0 Å². The van der Waals surface area contributed by atoms with Crippen molar-refractivity contribution in [1.29, 1.82) is 0 Å². The van der Waals surface area contributed by atoms with Crippen LogP contribution >= 0.6 is 11.6 Å². The summed E-state index contributed by atoms with van der Waals surface area (Å²) in [7, 11) is 0. The van der Waals surface area contributed by atoms with Crippen LogP contribution in [0.15, 0.2) is 61.2 Å². The molecule has 126 valence electrons. The van der Waals surface area contributed by atoms with E-state index in [2.05, 4.69) is 54.5 Å². The molecule has 2 aromatic carbocycles. The fraction of sp³-hybridized carbons (Fsp3) is 0.273. The summed E-state index contributed by atoms with van der Waals surface area (Å²) in [6, 6.07) is 17.1. The fourth-order valence-corrected chi connectivity index (χ4v) is 2.99. The Bertz CT molecular complexity index is 797. The molecule has 0 aliphatic carbocycles. The van der Waals surface area contributed by atoms with Crippen LogP contribution < -0.4 is 0 Å². The molecule has 0 amide bonds. The van der Waals surface area contributed by atoms with Gasteiger partial charge in [0.05, 0.1) is 0 Å². The van der Waals surface area contributed by atoms with E-state index in [-0.39, 0.29) is 0 Å². The Balaban J connectivity index is 0.00000100. The third kappa shape index (κ3) is 4.30. The lowest BCUT2D eigenvalue weighted by Gasteiger charge is -2.11. The van der Waals surface area contributed by atoms with Gasteiger partial charge in [0.15, 0.2) is 0 Å². The lowest BCUT2D eigenvalue weighted by molar-refractivity contribution is 0.760. The standard InChI is InChI=1S/C20H20ClN.C2H6/c1-3-4-5-19-13-17-12-15(2)6-11-20(17)22(19)14-16-7-9-18(21)10-8-16;1-2/h3,6-13H,1,4-5,14H2,2H3;1-2H3. The van der Waals surface area contributed by atoms with Gasteiger partial charge in [-0.05, 0) is 55.7 Å². The molecule has 0 saturated heterocycles. The molecule has 0 unspecified atom stereocenters. The fourth-order valence-electron chi connectivity index (χ4n) is 2.86. The second kappa shape index (κ2) is 8.75. The first-order valence-corrected chi connectivity index (χ1v) is 8.99. The summed E-state index contributed by atoms with van der Waals surface area (Å²) in [5.74, 6) is 0. The molecule has 0 aliphatic heterocycles. The molecule has 0 N–H and O–H groups in total.